The van der Waals surface area contributed by atoms with Crippen molar-refractivity contribution in [2.75, 3.05) is 18.4 Å². The van der Waals surface area contributed by atoms with Gasteiger partial charge in [0.1, 0.15) is 12.1 Å². The molecule has 2 heterocycles. The third kappa shape index (κ3) is 1.61. The number of hydrogen-bond acceptors (Lipinski definition) is 5. The molecule has 0 saturated carbocycles. The van der Waals surface area contributed by atoms with Crippen molar-refractivity contribution in [3.63, 3.8) is 0 Å². The van der Waals surface area contributed by atoms with Gasteiger partial charge >= 0.3 is 0 Å². The van der Waals surface area contributed by atoms with Crippen LogP contribution in [0.2, 0.25) is 0 Å². The molecule has 0 amide bonds. The summed E-state index contributed by atoms with van der Waals surface area (Å²) in [4.78, 5) is 8.25. The maximum absolute atomic E-state index is 5.38. The van der Waals surface area contributed by atoms with Crippen LogP contribution in [0.25, 0.3) is 0 Å². The van der Waals surface area contributed by atoms with Crippen molar-refractivity contribution >= 4 is 5.82 Å². The van der Waals surface area contributed by atoms with E-state index in [4.69, 9.17) is 10.5 Å². The van der Waals surface area contributed by atoms with Crippen molar-refractivity contribution in [3.8, 4) is 0 Å². The van der Waals surface area contributed by atoms with Crippen molar-refractivity contribution in [3.05, 3.63) is 17.6 Å². The van der Waals surface area contributed by atoms with E-state index in [1.807, 2.05) is 0 Å². The molecule has 0 aliphatic carbocycles. The van der Waals surface area contributed by atoms with Crippen LogP contribution < -0.4 is 11.1 Å². The molecule has 1 aliphatic rings. The number of rotatable bonds is 3. The molecule has 1 aromatic heterocycles. The molecule has 0 spiro atoms. The van der Waals surface area contributed by atoms with E-state index in [1.165, 1.54) is 0 Å². The minimum atomic E-state index is 0.592. The Labute approximate surface area is 76.3 Å². The van der Waals surface area contributed by atoms with Crippen molar-refractivity contribution in [2.45, 2.75) is 13.2 Å². The summed E-state index contributed by atoms with van der Waals surface area (Å²) in [5.74, 6) is 0.855. The van der Waals surface area contributed by atoms with Crippen LogP contribution in [0.1, 0.15) is 11.3 Å². The molecule has 3 N–H and O–H groups in total. The molecule has 0 unspecified atom stereocenters. The first-order valence-corrected chi connectivity index (χ1v) is 4.26. The van der Waals surface area contributed by atoms with Crippen molar-refractivity contribution in [2.24, 2.45) is 5.73 Å². The van der Waals surface area contributed by atoms with E-state index in [1.54, 1.807) is 6.33 Å². The zero-order valence-electron chi connectivity index (χ0n) is 7.29. The molecule has 0 aromatic carbocycles. The monoisotopic (exact) mass is 180 g/mol. The highest BCUT2D eigenvalue weighted by molar-refractivity contribution is 5.46. The zero-order chi connectivity index (χ0) is 9.10. The number of fused-ring (bicyclic) bond motifs is 1. The molecular formula is C8H12N4O. The zero-order valence-corrected chi connectivity index (χ0v) is 7.29. The second-order valence-electron chi connectivity index (χ2n) is 2.86. The fraction of sp³-hybridized carbons (Fsp3) is 0.500. The second kappa shape index (κ2) is 3.68. The maximum Gasteiger partial charge on any atom is 0.135 e. The van der Waals surface area contributed by atoms with Crippen LogP contribution in [0, 0.1) is 0 Å². The quantitative estimate of drug-likeness (QED) is 0.678. The Kier molecular flexibility index (Phi) is 2.37. The fourth-order valence-electron chi connectivity index (χ4n) is 1.32. The van der Waals surface area contributed by atoms with Crippen molar-refractivity contribution < 1.29 is 4.74 Å². The third-order valence-corrected chi connectivity index (χ3v) is 1.96. The van der Waals surface area contributed by atoms with E-state index in [-0.39, 0.29) is 0 Å². The number of hydrogen-bond donors (Lipinski definition) is 2. The number of anilines is 1. The number of nitrogens with two attached hydrogens (primary N) is 1. The molecular weight excluding hydrogens is 168 g/mol. The summed E-state index contributed by atoms with van der Waals surface area (Å²) in [7, 11) is 0. The molecule has 5 nitrogen and oxygen atoms in total. The Balaban J connectivity index is 2.20. The standard InChI is InChI=1S/C8H12N4O/c9-1-2-10-8-6-3-13-4-7(6)11-5-12-8/h5H,1-4,9H2,(H,10,11,12). The molecule has 0 saturated heterocycles. The predicted molar refractivity (Wildman–Crippen MR) is 48.1 cm³/mol. The van der Waals surface area contributed by atoms with Crippen LogP contribution in [0.3, 0.4) is 0 Å². The van der Waals surface area contributed by atoms with Crippen LogP contribution in [0.4, 0.5) is 5.82 Å². The van der Waals surface area contributed by atoms with Gasteiger partial charge < -0.3 is 15.8 Å². The summed E-state index contributed by atoms with van der Waals surface area (Å²) < 4.78 is 5.26. The van der Waals surface area contributed by atoms with Gasteiger partial charge in [0.05, 0.1) is 18.9 Å². The SMILES string of the molecule is NCCNc1ncnc2c1COC2. The molecule has 2 rings (SSSR count). The lowest BCUT2D eigenvalue weighted by Gasteiger charge is -2.06. The van der Waals surface area contributed by atoms with Crippen LogP contribution in [0.15, 0.2) is 6.33 Å². The lowest BCUT2D eigenvalue weighted by atomic mass is 10.2. The number of aromatic nitrogens is 2. The third-order valence-electron chi connectivity index (χ3n) is 1.96. The molecule has 1 aliphatic heterocycles. The summed E-state index contributed by atoms with van der Waals surface area (Å²) in [6, 6.07) is 0. The Hall–Kier alpha value is -1.20. The Morgan fingerprint density at radius 3 is 3.23 bits per heavy atom. The van der Waals surface area contributed by atoms with Gasteiger partial charge in [0, 0.05) is 18.7 Å². The normalized spacial score (nSPS) is 14.2. The van der Waals surface area contributed by atoms with E-state index >= 15 is 0 Å². The number of nitrogens with one attached hydrogen (secondary N) is 1. The van der Waals surface area contributed by atoms with E-state index in [0.29, 0.717) is 19.8 Å². The lowest BCUT2D eigenvalue weighted by Crippen LogP contribution is -2.15. The van der Waals surface area contributed by atoms with Crippen LogP contribution >= 0.6 is 0 Å². The Morgan fingerprint density at radius 1 is 1.46 bits per heavy atom. The van der Waals surface area contributed by atoms with Gasteiger partial charge in [0.15, 0.2) is 0 Å². The van der Waals surface area contributed by atoms with E-state index < -0.39 is 0 Å². The summed E-state index contributed by atoms with van der Waals surface area (Å²) in [6.07, 6.45) is 1.55. The summed E-state index contributed by atoms with van der Waals surface area (Å²) >= 11 is 0. The second-order valence-corrected chi connectivity index (χ2v) is 2.86. The van der Waals surface area contributed by atoms with Crippen LogP contribution in [0.5, 0.6) is 0 Å². The van der Waals surface area contributed by atoms with Crippen molar-refractivity contribution in [1.29, 1.82) is 0 Å². The summed E-state index contributed by atoms with van der Waals surface area (Å²) in [5, 5.41) is 3.14. The van der Waals surface area contributed by atoms with Gasteiger partial charge in [-0.1, -0.05) is 0 Å². The molecule has 0 radical (unpaired) electrons. The molecule has 1 aromatic rings. The van der Waals surface area contributed by atoms with Gasteiger partial charge in [-0.25, -0.2) is 9.97 Å². The largest absolute Gasteiger partial charge is 0.370 e. The van der Waals surface area contributed by atoms with Gasteiger partial charge in [-0.2, -0.15) is 0 Å². The van der Waals surface area contributed by atoms with E-state index in [0.717, 1.165) is 23.6 Å². The Bertz CT molecular complexity index is 302. The van der Waals surface area contributed by atoms with E-state index in [9.17, 15) is 0 Å². The van der Waals surface area contributed by atoms with Gasteiger partial charge in [-0.05, 0) is 0 Å². The van der Waals surface area contributed by atoms with Crippen LogP contribution in [-0.2, 0) is 18.0 Å². The van der Waals surface area contributed by atoms with Gasteiger partial charge in [0.25, 0.3) is 0 Å². The summed E-state index contributed by atoms with van der Waals surface area (Å²) in [5.41, 5.74) is 7.43. The molecule has 13 heavy (non-hydrogen) atoms. The van der Waals surface area contributed by atoms with Gasteiger partial charge in [-0.3, -0.25) is 0 Å². The topological polar surface area (TPSA) is 73.1 Å². The number of ether oxygens (including phenoxy) is 1. The van der Waals surface area contributed by atoms with Gasteiger partial charge in [0.2, 0.25) is 0 Å². The number of nitrogens with zero attached hydrogens (tertiary/aromatic N) is 2. The first-order chi connectivity index (χ1) is 6.42. The highest BCUT2D eigenvalue weighted by Gasteiger charge is 2.16. The highest BCUT2D eigenvalue weighted by Crippen LogP contribution is 2.22. The minimum Gasteiger partial charge on any atom is -0.370 e. The minimum absolute atomic E-state index is 0.592. The lowest BCUT2D eigenvalue weighted by molar-refractivity contribution is 0.133. The fourth-order valence-corrected chi connectivity index (χ4v) is 1.32. The smallest absolute Gasteiger partial charge is 0.135 e. The molecule has 0 fully saturated rings. The first kappa shape index (κ1) is 8.40. The van der Waals surface area contributed by atoms with Gasteiger partial charge in [-0.15, -0.1) is 0 Å². The maximum atomic E-state index is 5.38. The predicted octanol–water partition coefficient (Wildman–Crippen LogP) is -0.123. The first-order valence-electron chi connectivity index (χ1n) is 4.26. The average Bonchev–Trinajstić information content (AvgIpc) is 2.62. The van der Waals surface area contributed by atoms with Crippen molar-refractivity contribution in [1.82, 2.24) is 9.97 Å². The Morgan fingerprint density at radius 2 is 2.38 bits per heavy atom. The molecule has 70 valence electrons. The van der Waals surface area contributed by atoms with E-state index in [2.05, 4.69) is 15.3 Å². The average molecular weight is 180 g/mol. The van der Waals surface area contributed by atoms with Crippen LogP contribution in [-0.4, -0.2) is 23.1 Å². The highest BCUT2D eigenvalue weighted by atomic mass is 16.5. The molecule has 5 heteroatoms. The molecule has 0 bridgehead atoms. The molecule has 0 atom stereocenters. The summed E-state index contributed by atoms with van der Waals surface area (Å²) in [6.45, 7) is 2.52.